The summed E-state index contributed by atoms with van der Waals surface area (Å²) in [5, 5.41) is 16.4. The number of aromatic nitrogens is 1. The number of carbonyl (C=O) groups is 5. The molecule has 3 aromatic rings. The molecule has 4 rings (SSSR count). The van der Waals surface area contributed by atoms with Crippen LogP contribution in [0.25, 0.3) is 10.4 Å². The van der Waals surface area contributed by atoms with Gasteiger partial charge in [-0.25, -0.2) is 4.98 Å². The Bertz CT molecular complexity index is 1720. The Labute approximate surface area is 317 Å². The predicted octanol–water partition coefficient (Wildman–Crippen LogP) is 5.04. The van der Waals surface area contributed by atoms with Crippen molar-refractivity contribution in [1.29, 1.82) is 0 Å². The third kappa shape index (κ3) is 12.3. The van der Waals surface area contributed by atoms with E-state index in [1.807, 2.05) is 81.7 Å². The number of likely N-dealkylation sites (tertiary alicyclic amines) is 1. The van der Waals surface area contributed by atoms with Crippen molar-refractivity contribution >= 4 is 40.7 Å². The Kier molecular flexibility index (Phi) is 14.9. The number of hydrogen-bond donors (Lipinski definition) is 4. The molecule has 1 aliphatic rings. The van der Waals surface area contributed by atoms with E-state index in [2.05, 4.69) is 15.6 Å². The van der Waals surface area contributed by atoms with Crippen molar-refractivity contribution < 1.29 is 29.1 Å². The minimum absolute atomic E-state index is 0.0574. The SMILES string of the molecule is Cc1ncsc1-c1ccc(CCC(=O)[C@@H]2C[C@@H](O)CN2C(=O)[C@@H](NC(=O)CCCCc2ccc(CNC(=O)C(C)CCC(N)=O)cc2)C(C)(C)C)cc1. The second kappa shape index (κ2) is 19.1. The third-order valence-electron chi connectivity index (χ3n) is 9.85. The van der Waals surface area contributed by atoms with Crippen LogP contribution in [-0.2, 0) is 43.4 Å². The first-order valence-corrected chi connectivity index (χ1v) is 19.4. The predicted molar refractivity (Wildman–Crippen MR) is 207 cm³/mol. The van der Waals surface area contributed by atoms with Crippen LogP contribution in [0.1, 0.15) is 95.0 Å². The third-order valence-corrected chi connectivity index (χ3v) is 10.8. The molecule has 1 saturated heterocycles. The molecule has 53 heavy (non-hydrogen) atoms. The monoisotopic (exact) mass is 745 g/mol. The van der Waals surface area contributed by atoms with E-state index < -0.39 is 29.5 Å². The molecule has 0 saturated carbocycles. The summed E-state index contributed by atoms with van der Waals surface area (Å²) in [6, 6.07) is 14.5. The zero-order valence-corrected chi connectivity index (χ0v) is 32.5. The Morgan fingerprint density at radius 2 is 1.58 bits per heavy atom. The topological polar surface area (TPSA) is 172 Å². The fourth-order valence-corrected chi connectivity index (χ4v) is 7.35. The molecule has 0 radical (unpaired) electrons. The zero-order valence-electron chi connectivity index (χ0n) is 31.7. The Balaban J connectivity index is 1.23. The van der Waals surface area contributed by atoms with Crippen molar-refractivity contribution in [3.63, 3.8) is 0 Å². The van der Waals surface area contributed by atoms with Gasteiger partial charge in [0.2, 0.25) is 23.6 Å². The minimum atomic E-state index is -0.850. The highest BCUT2D eigenvalue weighted by Gasteiger charge is 2.44. The van der Waals surface area contributed by atoms with Crippen molar-refractivity contribution in [3.05, 3.63) is 76.4 Å². The van der Waals surface area contributed by atoms with Crippen molar-refractivity contribution in [1.82, 2.24) is 20.5 Å². The summed E-state index contributed by atoms with van der Waals surface area (Å²) in [6.07, 6.45) is 3.18. The quantitative estimate of drug-likeness (QED) is 0.132. The van der Waals surface area contributed by atoms with Gasteiger partial charge in [-0.3, -0.25) is 24.0 Å². The van der Waals surface area contributed by atoms with E-state index in [1.54, 1.807) is 18.3 Å². The fraction of sp³-hybridized carbons (Fsp3) is 0.512. The van der Waals surface area contributed by atoms with E-state index in [0.29, 0.717) is 25.8 Å². The molecule has 286 valence electrons. The Morgan fingerprint density at radius 1 is 0.943 bits per heavy atom. The summed E-state index contributed by atoms with van der Waals surface area (Å²) in [5.74, 6) is -1.50. The highest BCUT2D eigenvalue weighted by atomic mass is 32.1. The minimum Gasteiger partial charge on any atom is -0.391 e. The average Bonchev–Trinajstić information content (AvgIpc) is 3.74. The molecule has 12 heteroatoms. The fourth-order valence-electron chi connectivity index (χ4n) is 6.54. The van der Waals surface area contributed by atoms with Gasteiger partial charge in [0.15, 0.2) is 5.78 Å². The first kappa shape index (κ1) is 41.3. The van der Waals surface area contributed by atoms with Crippen LogP contribution in [0.4, 0.5) is 0 Å². The van der Waals surface area contributed by atoms with Gasteiger partial charge in [-0.15, -0.1) is 11.3 Å². The van der Waals surface area contributed by atoms with Crippen LogP contribution >= 0.6 is 11.3 Å². The number of β-amino-alcohol motifs (C(OH)–C–C–N with tert-alkyl or cyclic N) is 1. The van der Waals surface area contributed by atoms with Crippen LogP contribution in [-0.4, -0.2) is 69.1 Å². The molecule has 2 aromatic carbocycles. The van der Waals surface area contributed by atoms with E-state index in [0.717, 1.165) is 45.7 Å². The lowest BCUT2D eigenvalue weighted by Gasteiger charge is -2.35. The summed E-state index contributed by atoms with van der Waals surface area (Å²) >= 11 is 1.59. The molecule has 4 amide bonds. The number of thiazole rings is 1. The largest absolute Gasteiger partial charge is 0.391 e. The standard InChI is InChI=1S/C41H55N5O6S/c1-26(10-21-35(42)49)39(51)43-23-30-13-11-28(12-14-30)8-6-7-9-36(50)45-38(41(3,4)5)40(52)46-24-32(47)22-33(46)34(48)20-17-29-15-18-31(19-16-29)37-27(2)44-25-53-37/h11-16,18-19,25-26,32-33,38,47H,6-10,17,20-24H2,1-5H3,(H2,42,49)(H,43,51)(H,45,50)/t26?,32-,33+,38-/m1/s1. The molecule has 1 aromatic heterocycles. The number of benzene rings is 2. The van der Waals surface area contributed by atoms with Crippen LogP contribution in [0.2, 0.25) is 0 Å². The number of ketones is 1. The molecule has 1 unspecified atom stereocenters. The van der Waals surface area contributed by atoms with E-state index in [4.69, 9.17) is 5.73 Å². The van der Waals surface area contributed by atoms with E-state index in [-0.39, 0.29) is 61.7 Å². The number of carbonyl (C=O) groups excluding carboxylic acids is 5. The van der Waals surface area contributed by atoms with Crippen molar-refractivity contribution in [3.8, 4) is 10.4 Å². The number of hydrogen-bond acceptors (Lipinski definition) is 8. The molecular weight excluding hydrogens is 691 g/mol. The Morgan fingerprint density at radius 3 is 2.21 bits per heavy atom. The van der Waals surface area contributed by atoms with Gasteiger partial charge in [0.05, 0.1) is 28.2 Å². The number of primary amides is 1. The molecule has 5 N–H and O–H groups in total. The van der Waals surface area contributed by atoms with Gasteiger partial charge in [-0.05, 0) is 66.7 Å². The van der Waals surface area contributed by atoms with Crippen LogP contribution in [0.15, 0.2) is 54.0 Å². The van der Waals surface area contributed by atoms with Crippen molar-refractivity contribution in [2.75, 3.05) is 6.54 Å². The summed E-state index contributed by atoms with van der Waals surface area (Å²) in [5.41, 5.74) is 11.6. The van der Waals surface area contributed by atoms with Gasteiger partial charge in [0, 0.05) is 44.7 Å². The summed E-state index contributed by atoms with van der Waals surface area (Å²) in [7, 11) is 0. The number of aryl methyl sites for hydroxylation is 3. The molecule has 4 atom stereocenters. The second-order valence-corrected chi connectivity index (χ2v) is 16.2. The summed E-state index contributed by atoms with van der Waals surface area (Å²) in [6.45, 7) is 9.86. The van der Waals surface area contributed by atoms with Crippen LogP contribution in [0.5, 0.6) is 0 Å². The van der Waals surface area contributed by atoms with Crippen molar-refractivity contribution in [2.45, 2.75) is 117 Å². The van der Waals surface area contributed by atoms with E-state index >= 15 is 0 Å². The lowest BCUT2D eigenvalue weighted by molar-refractivity contribution is -0.143. The molecule has 1 fully saturated rings. The molecule has 0 spiro atoms. The van der Waals surface area contributed by atoms with Crippen LogP contribution in [0, 0.1) is 18.3 Å². The van der Waals surface area contributed by atoms with Crippen LogP contribution < -0.4 is 16.4 Å². The molecule has 1 aliphatic heterocycles. The average molecular weight is 746 g/mol. The number of nitrogens with zero attached hydrogens (tertiary/aromatic N) is 2. The smallest absolute Gasteiger partial charge is 0.246 e. The van der Waals surface area contributed by atoms with E-state index in [9.17, 15) is 29.1 Å². The summed E-state index contributed by atoms with van der Waals surface area (Å²) in [4.78, 5) is 70.7. The zero-order chi connectivity index (χ0) is 38.7. The Hall–Kier alpha value is -4.42. The molecular formula is C41H55N5O6S. The van der Waals surface area contributed by atoms with Crippen molar-refractivity contribution in [2.24, 2.45) is 17.1 Å². The normalized spacial score (nSPS) is 16.9. The maximum Gasteiger partial charge on any atom is 0.246 e. The highest BCUT2D eigenvalue weighted by molar-refractivity contribution is 7.13. The van der Waals surface area contributed by atoms with Gasteiger partial charge in [0.25, 0.3) is 0 Å². The maximum atomic E-state index is 14.0. The van der Waals surface area contributed by atoms with Crippen LogP contribution in [0.3, 0.4) is 0 Å². The van der Waals surface area contributed by atoms with Gasteiger partial charge >= 0.3 is 0 Å². The number of unbranched alkanes of at least 4 members (excludes halogenated alkanes) is 1. The number of nitrogens with two attached hydrogens (primary N) is 1. The summed E-state index contributed by atoms with van der Waals surface area (Å²) < 4.78 is 0. The molecule has 2 heterocycles. The van der Waals surface area contributed by atoms with Gasteiger partial charge < -0.3 is 26.4 Å². The molecule has 0 bridgehead atoms. The van der Waals surface area contributed by atoms with Gasteiger partial charge in [-0.1, -0.05) is 76.2 Å². The van der Waals surface area contributed by atoms with E-state index in [1.165, 1.54) is 4.90 Å². The molecule has 11 nitrogen and oxygen atoms in total. The number of aliphatic hydroxyl groups excluding tert-OH is 1. The maximum absolute atomic E-state index is 14.0. The number of amides is 4. The lowest BCUT2D eigenvalue weighted by atomic mass is 9.85. The number of nitrogens with one attached hydrogen (secondary N) is 2. The number of Topliss-reactive ketones (excluding diaryl/α,β-unsaturated/α-hetero) is 1. The van der Waals surface area contributed by atoms with Gasteiger partial charge in [-0.2, -0.15) is 0 Å². The second-order valence-electron chi connectivity index (χ2n) is 15.3. The van der Waals surface area contributed by atoms with Gasteiger partial charge in [0.1, 0.15) is 6.04 Å². The highest BCUT2D eigenvalue weighted by Crippen LogP contribution is 2.29. The first-order chi connectivity index (χ1) is 25.1. The number of aliphatic hydroxyl groups is 1. The molecule has 0 aliphatic carbocycles. The number of rotatable bonds is 18. The first-order valence-electron chi connectivity index (χ1n) is 18.6. The lowest BCUT2D eigenvalue weighted by Crippen LogP contribution is -2.56.